The molecule has 1 aromatic carbocycles. The molecule has 0 aliphatic carbocycles. The van der Waals surface area contributed by atoms with Gasteiger partial charge in [-0.15, -0.1) is 0 Å². The number of nitrogens with two attached hydrogens (primary N) is 1. The fraction of sp³-hybridized carbons (Fsp3) is 0.308. The molecule has 6 heteroatoms. The van der Waals surface area contributed by atoms with Crippen molar-refractivity contribution < 1.29 is 9.13 Å². The normalized spacial score (nSPS) is 10.7. The number of nitrogens with zero attached hydrogens (tertiary/aromatic N) is 2. The van der Waals surface area contributed by atoms with Crippen molar-refractivity contribution >= 4 is 21.9 Å². The van der Waals surface area contributed by atoms with E-state index in [1.165, 1.54) is 12.1 Å². The van der Waals surface area contributed by atoms with Crippen LogP contribution < -0.4 is 10.5 Å². The second kappa shape index (κ2) is 5.61. The van der Waals surface area contributed by atoms with Crippen LogP contribution in [0.4, 0.5) is 10.3 Å². The minimum atomic E-state index is -0.264. The van der Waals surface area contributed by atoms with Crippen LogP contribution in [-0.2, 0) is 19.9 Å². The van der Waals surface area contributed by atoms with E-state index in [2.05, 4.69) is 20.9 Å². The molecule has 2 aromatic rings. The van der Waals surface area contributed by atoms with Crippen LogP contribution >= 0.6 is 15.9 Å². The molecule has 0 unspecified atom stereocenters. The Hall–Kier alpha value is -1.56. The average molecular weight is 328 g/mol. The van der Waals surface area contributed by atoms with E-state index < -0.39 is 0 Å². The molecule has 4 nitrogen and oxygen atoms in total. The van der Waals surface area contributed by atoms with Gasteiger partial charge >= 0.3 is 0 Å². The van der Waals surface area contributed by atoms with Crippen molar-refractivity contribution in [2.24, 2.45) is 7.05 Å². The second-order valence-corrected chi connectivity index (χ2v) is 4.97. The maximum absolute atomic E-state index is 13.3. The summed E-state index contributed by atoms with van der Waals surface area (Å²) >= 11 is 3.37. The van der Waals surface area contributed by atoms with Gasteiger partial charge in [-0.1, -0.05) is 0 Å². The Kier molecular flexibility index (Phi) is 4.09. The zero-order valence-corrected chi connectivity index (χ0v) is 12.4. The Bertz CT molecular complexity index is 598. The monoisotopic (exact) mass is 327 g/mol. The number of imidazole rings is 1. The lowest BCUT2D eigenvalue weighted by Crippen LogP contribution is -2.04. The first-order valence-corrected chi connectivity index (χ1v) is 6.61. The third kappa shape index (κ3) is 2.89. The largest absolute Gasteiger partial charge is 0.496 e. The number of aromatic nitrogens is 2. The lowest BCUT2D eigenvalue weighted by atomic mass is 10.1. The van der Waals surface area contributed by atoms with Crippen LogP contribution in [0.15, 0.2) is 22.8 Å². The Morgan fingerprint density at radius 3 is 2.74 bits per heavy atom. The predicted molar refractivity (Wildman–Crippen MR) is 75.7 cm³/mol. The van der Waals surface area contributed by atoms with Crippen molar-refractivity contribution in [1.82, 2.24) is 9.55 Å². The first-order chi connectivity index (χ1) is 9.02. The van der Waals surface area contributed by atoms with E-state index in [1.807, 2.05) is 11.6 Å². The number of hydrogen-bond donors (Lipinski definition) is 1. The average Bonchev–Trinajstić information content (AvgIpc) is 2.61. The topological polar surface area (TPSA) is 53.1 Å². The number of rotatable bonds is 4. The highest BCUT2D eigenvalue weighted by Crippen LogP contribution is 2.24. The molecular formula is C13H15BrFN3O. The van der Waals surface area contributed by atoms with Crippen LogP contribution in [-0.4, -0.2) is 16.7 Å². The van der Waals surface area contributed by atoms with Crippen LogP contribution in [0.3, 0.4) is 0 Å². The van der Waals surface area contributed by atoms with Gasteiger partial charge < -0.3 is 15.0 Å². The van der Waals surface area contributed by atoms with Crippen LogP contribution in [0.2, 0.25) is 0 Å². The molecule has 1 heterocycles. The summed E-state index contributed by atoms with van der Waals surface area (Å²) in [4.78, 5) is 4.14. The van der Waals surface area contributed by atoms with Crippen molar-refractivity contribution in [3.8, 4) is 5.75 Å². The summed E-state index contributed by atoms with van der Waals surface area (Å²) in [7, 11) is 3.43. The standard InChI is InChI=1S/C13H15BrFN3O/c1-18-10(12(14)17-13(18)16)5-3-8-7-9(15)4-6-11(8)19-2/h4,6-7H,3,5H2,1-2H3,(H2,16,17). The van der Waals surface area contributed by atoms with E-state index in [4.69, 9.17) is 10.5 Å². The van der Waals surface area contributed by atoms with Gasteiger partial charge in [0.1, 0.15) is 16.2 Å². The molecule has 0 amide bonds. The number of hydrogen-bond acceptors (Lipinski definition) is 3. The Morgan fingerprint density at radius 1 is 1.42 bits per heavy atom. The summed E-state index contributed by atoms with van der Waals surface area (Å²) in [5.74, 6) is 0.875. The van der Waals surface area contributed by atoms with Crippen molar-refractivity contribution in [1.29, 1.82) is 0 Å². The zero-order valence-electron chi connectivity index (χ0n) is 10.8. The minimum absolute atomic E-state index is 0.264. The number of ether oxygens (including phenoxy) is 1. The molecule has 0 fully saturated rings. The van der Waals surface area contributed by atoms with Gasteiger partial charge in [-0.2, -0.15) is 0 Å². The van der Waals surface area contributed by atoms with Gasteiger partial charge in [0, 0.05) is 7.05 Å². The Morgan fingerprint density at radius 2 is 2.16 bits per heavy atom. The summed E-state index contributed by atoms with van der Waals surface area (Å²) in [5, 5.41) is 0. The maximum Gasteiger partial charge on any atom is 0.201 e. The van der Waals surface area contributed by atoms with Gasteiger partial charge in [0.25, 0.3) is 0 Å². The van der Waals surface area contributed by atoms with Crippen LogP contribution in [0, 0.1) is 5.82 Å². The van der Waals surface area contributed by atoms with Gasteiger partial charge in [0.05, 0.1) is 12.8 Å². The molecular weight excluding hydrogens is 313 g/mol. The number of halogens is 2. The Balaban J connectivity index is 2.21. The van der Waals surface area contributed by atoms with Crippen LogP contribution in [0.25, 0.3) is 0 Å². The molecule has 2 rings (SSSR count). The van der Waals surface area contributed by atoms with Crippen molar-refractivity contribution in [3.05, 3.63) is 39.9 Å². The second-order valence-electron chi connectivity index (χ2n) is 4.22. The van der Waals surface area contributed by atoms with Crippen molar-refractivity contribution in [3.63, 3.8) is 0 Å². The van der Waals surface area contributed by atoms with E-state index in [-0.39, 0.29) is 5.82 Å². The first kappa shape index (κ1) is 13.9. The van der Waals surface area contributed by atoms with Gasteiger partial charge in [-0.3, -0.25) is 0 Å². The Labute approximate surface area is 119 Å². The SMILES string of the molecule is COc1ccc(F)cc1CCc1c(Br)nc(N)n1C. The molecule has 0 bridgehead atoms. The number of nitrogen functional groups attached to an aromatic ring is 1. The van der Waals surface area contributed by atoms with Gasteiger partial charge in [-0.05, 0) is 52.5 Å². The number of methoxy groups -OCH3 is 1. The molecule has 102 valence electrons. The molecule has 0 radical (unpaired) electrons. The third-order valence-corrected chi connectivity index (χ3v) is 3.71. The van der Waals surface area contributed by atoms with Crippen LogP contribution in [0.5, 0.6) is 5.75 Å². The van der Waals surface area contributed by atoms with E-state index in [0.717, 1.165) is 15.9 Å². The summed E-state index contributed by atoms with van der Waals surface area (Å²) < 4.78 is 21.0. The smallest absolute Gasteiger partial charge is 0.201 e. The number of anilines is 1. The maximum atomic E-state index is 13.3. The molecule has 0 atom stereocenters. The summed E-state index contributed by atoms with van der Waals surface area (Å²) in [5.41, 5.74) is 7.53. The van der Waals surface area contributed by atoms with E-state index in [0.29, 0.717) is 24.5 Å². The quantitative estimate of drug-likeness (QED) is 0.939. The highest BCUT2D eigenvalue weighted by Gasteiger charge is 2.12. The van der Waals surface area contributed by atoms with Crippen LogP contribution in [0.1, 0.15) is 11.3 Å². The third-order valence-electron chi connectivity index (χ3n) is 3.07. The van der Waals surface area contributed by atoms with E-state index >= 15 is 0 Å². The van der Waals surface area contributed by atoms with Gasteiger partial charge in [0.15, 0.2) is 0 Å². The highest BCUT2D eigenvalue weighted by molar-refractivity contribution is 9.10. The summed E-state index contributed by atoms with van der Waals surface area (Å²) in [6.07, 6.45) is 1.35. The fourth-order valence-corrected chi connectivity index (χ4v) is 2.63. The fourth-order valence-electron chi connectivity index (χ4n) is 1.98. The molecule has 0 saturated carbocycles. The predicted octanol–water partition coefficient (Wildman–Crippen LogP) is 2.70. The molecule has 2 N–H and O–H groups in total. The molecule has 0 saturated heterocycles. The summed E-state index contributed by atoms with van der Waals surface area (Å²) in [6.45, 7) is 0. The molecule has 0 aliphatic heterocycles. The number of aryl methyl sites for hydroxylation is 1. The van der Waals surface area contributed by atoms with Crippen molar-refractivity contribution in [2.45, 2.75) is 12.8 Å². The highest BCUT2D eigenvalue weighted by atomic mass is 79.9. The van der Waals surface area contributed by atoms with Gasteiger partial charge in [0.2, 0.25) is 5.95 Å². The van der Waals surface area contributed by atoms with Crippen molar-refractivity contribution in [2.75, 3.05) is 12.8 Å². The first-order valence-electron chi connectivity index (χ1n) is 5.82. The minimum Gasteiger partial charge on any atom is -0.496 e. The molecule has 0 spiro atoms. The lowest BCUT2D eigenvalue weighted by molar-refractivity contribution is 0.408. The van der Waals surface area contributed by atoms with E-state index in [9.17, 15) is 4.39 Å². The molecule has 0 aliphatic rings. The lowest BCUT2D eigenvalue weighted by Gasteiger charge is -2.09. The number of benzene rings is 1. The van der Waals surface area contributed by atoms with E-state index in [1.54, 1.807) is 13.2 Å². The summed E-state index contributed by atoms with van der Waals surface area (Å²) in [6, 6.07) is 4.52. The zero-order chi connectivity index (χ0) is 14.0. The molecule has 1 aromatic heterocycles. The van der Waals surface area contributed by atoms with Gasteiger partial charge in [-0.25, -0.2) is 9.37 Å². The molecule has 19 heavy (non-hydrogen) atoms.